The lowest BCUT2D eigenvalue weighted by Crippen LogP contribution is -2.24. The normalized spacial score (nSPS) is 11.6. The molecule has 23 heavy (non-hydrogen) atoms. The smallest absolute Gasteiger partial charge is 0.244 e. The SMILES string of the molecule is CCn1c2ccccc2c2cc(/C=C/C(=O)NCCO)ccc21. The van der Waals surface area contributed by atoms with Gasteiger partial charge in [0.15, 0.2) is 0 Å². The Kier molecular flexibility index (Phi) is 4.44. The topological polar surface area (TPSA) is 54.3 Å². The van der Waals surface area contributed by atoms with E-state index in [1.807, 2.05) is 12.1 Å². The van der Waals surface area contributed by atoms with E-state index in [1.54, 1.807) is 6.08 Å². The summed E-state index contributed by atoms with van der Waals surface area (Å²) in [5.74, 6) is -0.199. The average Bonchev–Trinajstić information content (AvgIpc) is 2.91. The van der Waals surface area contributed by atoms with Gasteiger partial charge in [0.25, 0.3) is 0 Å². The largest absolute Gasteiger partial charge is 0.395 e. The van der Waals surface area contributed by atoms with Crippen LogP contribution in [0.1, 0.15) is 12.5 Å². The van der Waals surface area contributed by atoms with Crippen LogP contribution in [-0.2, 0) is 11.3 Å². The number of aryl methyl sites for hydroxylation is 1. The molecule has 3 rings (SSSR count). The zero-order valence-corrected chi connectivity index (χ0v) is 13.1. The van der Waals surface area contributed by atoms with Crippen LogP contribution in [0.25, 0.3) is 27.9 Å². The van der Waals surface area contributed by atoms with Gasteiger partial charge in [-0.3, -0.25) is 4.79 Å². The van der Waals surface area contributed by atoms with E-state index in [-0.39, 0.29) is 19.1 Å². The molecule has 0 unspecified atom stereocenters. The number of hydrogen-bond acceptors (Lipinski definition) is 2. The molecular weight excluding hydrogens is 288 g/mol. The van der Waals surface area contributed by atoms with Crippen LogP contribution in [0, 0.1) is 0 Å². The van der Waals surface area contributed by atoms with Crippen molar-refractivity contribution in [1.82, 2.24) is 9.88 Å². The second kappa shape index (κ2) is 6.67. The monoisotopic (exact) mass is 308 g/mol. The molecule has 0 atom stereocenters. The van der Waals surface area contributed by atoms with Crippen LogP contribution in [0.3, 0.4) is 0 Å². The summed E-state index contributed by atoms with van der Waals surface area (Å²) in [4.78, 5) is 11.6. The summed E-state index contributed by atoms with van der Waals surface area (Å²) in [7, 11) is 0. The maximum absolute atomic E-state index is 11.6. The number of aliphatic hydroxyl groups is 1. The lowest BCUT2D eigenvalue weighted by Gasteiger charge is -2.02. The van der Waals surface area contributed by atoms with E-state index in [9.17, 15) is 4.79 Å². The third-order valence-corrected chi connectivity index (χ3v) is 3.95. The number of aromatic nitrogens is 1. The molecule has 0 bridgehead atoms. The van der Waals surface area contributed by atoms with E-state index in [2.05, 4.69) is 47.1 Å². The zero-order valence-electron chi connectivity index (χ0n) is 13.1. The number of benzene rings is 2. The van der Waals surface area contributed by atoms with Gasteiger partial charge in [0.2, 0.25) is 5.91 Å². The number of nitrogens with one attached hydrogen (secondary N) is 1. The molecule has 1 aromatic heterocycles. The minimum atomic E-state index is -0.199. The fourth-order valence-corrected chi connectivity index (χ4v) is 2.93. The molecule has 0 saturated carbocycles. The summed E-state index contributed by atoms with van der Waals surface area (Å²) < 4.78 is 2.30. The summed E-state index contributed by atoms with van der Waals surface area (Å²) in [6, 6.07) is 14.6. The van der Waals surface area contributed by atoms with Gasteiger partial charge >= 0.3 is 0 Å². The van der Waals surface area contributed by atoms with Crippen LogP contribution in [0.2, 0.25) is 0 Å². The molecule has 0 saturated heterocycles. The molecule has 0 aliphatic carbocycles. The van der Waals surface area contributed by atoms with Crippen LogP contribution in [0.5, 0.6) is 0 Å². The van der Waals surface area contributed by atoms with Crippen LogP contribution < -0.4 is 5.32 Å². The first-order chi connectivity index (χ1) is 11.2. The van der Waals surface area contributed by atoms with Gasteiger partial charge in [0, 0.05) is 41.0 Å². The molecular formula is C19H20N2O2. The van der Waals surface area contributed by atoms with Crippen molar-refractivity contribution in [3.05, 3.63) is 54.1 Å². The number of carbonyl (C=O) groups excluding carboxylic acids is 1. The minimum absolute atomic E-state index is 0.0535. The van der Waals surface area contributed by atoms with Gasteiger partial charge in [0.1, 0.15) is 0 Å². The highest BCUT2D eigenvalue weighted by molar-refractivity contribution is 6.08. The summed E-state index contributed by atoms with van der Waals surface area (Å²) in [5.41, 5.74) is 3.41. The Morgan fingerprint density at radius 1 is 1.17 bits per heavy atom. The van der Waals surface area contributed by atoms with Gasteiger partial charge in [-0.15, -0.1) is 0 Å². The molecule has 0 spiro atoms. The number of carbonyl (C=O) groups is 1. The van der Waals surface area contributed by atoms with Crippen molar-refractivity contribution in [3.63, 3.8) is 0 Å². The highest BCUT2D eigenvalue weighted by atomic mass is 16.3. The Bertz CT molecular complexity index is 878. The van der Waals surface area contributed by atoms with Gasteiger partial charge < -0.3 is 15.0 Å². The Morgan fingerprint density at radius 2 is 1.96 bits per heavy atom. The fourth-order valence-electron chi connectivity index (χ4n) is 2.93. The average molecular weight is 308 g/mol. The van der Waals surface area contributed by atoms with Crippen molar-refractivity contribution in [1.29, 1.82) is 0 Å². The van der Waals surface area contributed by atoms with Crippen molar-refractivity contribution in [2.24, 2.45) is 0 Å². The van der Waals surface area contributed by atoms with Crippen LogP contribution in [0.15, 0.2) is 48.5 Å². The quantitative estimate of drug-likeness (QED) is 0.712. The number of fused-ring (bicyclic) bond motifs is 3. The Balaban J connectivity index is 2.00. The standard InChI is InChI=1S/C19H20N2O2/c1-2-21-17-6-4-3-5-15(17)16-13-14(7-9-18(16)21)8-10-19(23)20-11-12-22/h3-10,13,22H,2,11-12H2,1H3,(H,20,23)/b10-8+. The zero-order chi connectivity index (χ0) is 16.2. The van der Waals surface area contributed by atoms with Crippen molar-refractivity contribution < 1.29 is 9.90 Å². The highest BCUT2D eigenvalue weighted by Crippen LogP contribution is 2.29. The Morgan fingerprint density at radius 3 is 2.74 bits per heavy atom. The molecule has 0 aliphatic heterocycles. The number of hydrogen-bond donors (Lipinski definition) is 2. The molecule has 2 N–H and O–H groups in total. The molecule has 1 amide bonds. The van der Waals surface area contributed by atoms with Crippen molar-refractivity contribution in [3.8, 4) is 0 Å². The maximum Gasteiger partial charge on any atom is 0.244 e. The third-order valence-electron chi connectivity index (χ3n) is 3.95. The maximum atomic E-state index is 11.6. The second-order valence-corrected chi connectivity index (χ2v) is 5.39. The van der Waals surface area contributed by atoms with Crippen LogP contribution >= 0.6 is 0 Å². The van der Waals surface area contributed by atoms with Gasteiger partial charge in [0.05, 0.1) is 6.61 Å². The molecule has 1 heterocycles. The molecule has 0 radical (unpaired) electrons. The molecule has 4 heteroatoms. The molecule has 0 aliphatic rings. The van der Waals surface area contributed by atoms with E-state index >= 15 is 0 Å². The summed E-state index contributed by atoms with van der Waals surface area (Å²) in [6.45, 7) is 3.28. The highest BCUT2D eigenvalue weighted by Gasteiger charge is 2.08. The van der Waals surface area contributed by atoms with Gasteiger partial charge in [-0.05, 0) is 36.8 Å². The number of rotatable bonds is 5. The summed E-state index contributed by atoms with van der Waals surface area (Å²) >= 11 is 0. The first-order valence-electron chi connectivity index (χ1n) is 7.82. The number of nitrogens with zero attached hydrogens (tertiary/aromatic N) is 1. The van der Waals surface area contributed by atoms with E-state index in [4.69, 9.17) is 5.11 Å². The lowest BCUT2D eigenvalue weighted by molar-refractivity contribution is -0.116. The lowest BCUT2D eigenvalue weighted by atomic mass is 10.1. The van der Waals surface area contributed by atoms with Crippen LogP contribution in [0.4, 0.5) is 0 Å². The fraction of sp³-hybridized carbons (Fsp3) is 0.211. The molecule has 3 aromatic rings. The predicted molar refractivity (Wildman–Crippen MR) is 94.2 cm³/mol. The van der Waals surface area contributed by atoms with E-state index in [1.165, 1.54) is 27.9 Å². The Hall–Kier alpha value is -2.59. The first kappa shape index (κ1) is 15.3. The Labute approximate surface area is 135 Å². The van der Waals surface area contributed by atoms with Gasteiger partial charge in [-0.25, -0.2) is 0 Å². The number of para-hydroxylation sites is 1. The second-order valence-electron chi connectivity index (χ2n) is 5.39. The molecule has 4 nitrogen and oxygen atoms in total. The third kappa shape index (κ3) is 2.98. The van der Waals surface area contributed by atoms with E-state index in [0.29, 0.717) is 0 Å². The van der Waals surface area contributed by atoms with Gasteiger partial charge in [-0.1, -0.05) is 24.3 Å². The minimum Gasteiger partial charge on any atom is -0.395 e. The van der Waals surface area contributed by atoms with Crippen molar-refractivity contribution in [2.45, 2.75) is 13.5 Å². The molecule has 2 aromatic carbocycles. The van der Waals surface area contributed by atoms with E-state index < -0.39 is 0 Å². The van der Waals surface area contributed by atoms with Crippen LogP contribution in [-0.4, -0.2) is 28.7 Å². The van der Waals surface area contributed by atoms with Crippen molar-refractivity contribution >= 4 is 33.8 Å². The number of aliphatic hydroxyl groups excluding tert-OH is 1. The van der Waals surface area contributed by atoms with E-state index in [0.717, 1.165) is 12.1 Å². The first-order valence-corrected chi connectivity index (χ1v) is 7.82. The summed E-state index contributed by atoms with van der Waals surface area (Å²) in [5, 5.41) is 13.7. The van der Waals surface area contributed by atoms with Crippen molar-refractivity contribution in [2.75, 3.05) is 13.2 Å². The molecule has 118 valence electrons. The summed E-state index contributed by atoms with van der Waals surface area (Å²) in [6.07, 6.45) is 3.29. The van der Waals surface area contributed by atoms with Gasteiger partial charge in [-0.2, -0.15) is 0 Å². The molecule has 0 fully saturated rings. The predicted octanol–water partition coefficient (Wildman–Crippen LogP) is 2.94. The number of amides is 1.